The van der Waals surface area contributed by atoms with E-state index in [1.54, 1.807) is 23.9 Å². The molecule has 1 aromatic heterocycles. The van der Waals surface area contributed by atoms with E-state index in [1.807, 2.05) is 24.3 Å². The predicted molar refractivity (Wildman–Crippen MR) is 98.1 cm³/mol. The molecule has 1 aliphatic heterocycles. The van der Waals surface area contributed by atoms with E-state index in [1.165, 1.54) is 12.1 Å². The van der Waals surface area contributed by atoms with Crippen molar-refractivity contribution < 1.29 is 18.7 Å². The number of aromatic nitrogens is 3. The van der Waals surface area contributed by atoms with Crippen LogP contribution in [0.15, 0.2) is 48.5 Å². The van der Waals surface area contributed by atoms with E-state index in [2.05, 4.69) is 15.6 Å². The van der Waals surface area contributed by atoms with Crippen molar-refractivity contribution in [3.05, 3.63) is 76.9 Å². The molecule has 2 aromatic carbocycles. The minimum atomic E-state index is -0.364. The molecule has 28 heavy (non-hydrogen) atoms. The van der Waals surface area contributed by atoms with Crippen molar-refractivity contribution in [2.45, 2.75) is 25.8 Å². The normalized spacial score (nSPS) is 15.7. The van der Waals surface area contributed by atoms with Crippen LogP contribution in [0.1, 0.15) is 33.4 Å². The fourth-order valence-corrected chi connectivity index (χ4v) is 3.12. The molecule has 1 atom stereocenters. The summed E-state index contributed by atoms with van der Waals surface area (Å²) in [5.74, 6) is 0.0704. The zero-order chi connectivity index (χ0) is 19.5. The summed E-state index contributed by atoms with van der Waals surface area (Å²) < 4.78 is 26.0. The topological polar surface area (TPSA) is 78.3 Å². The Hall–Kier alpha value is -3.26. The van der Waals surface area contributed by atoms with Crippen LogP contribution in [0, 0.1) is 5.82 Å². The lowest BCUT2D eigenvalue weighted by atomic mass is 10.1. The minimum Gasteiger partial charge on any atom is -0.497 e. The molecule has 0 saturated heterocycles. The molecule has 1 amide bonds. The summed E-state index contributed by atoms with van der Waals surface area (Å²) in [6.45, 7) is 0.899. The molecule has 1 N–H and O–H groups in total. The van der Waals surface area contributed by atoms with Gasteiger partial charge in [0.1, 0.15) is 17.7 Å². The predicted octanol–water partition coefficient (Wildman–Crippen LogP) is 2.63. The maximum absolute atomic E-state index is 13.2. The zero-order valence-corrected chi connectivity index (χ0v) is 15.3. The Balaban J connectivity index is 1.43. The third-order valence-corrected chi connectivity index (χ3v) is 4.64. The second kappa shape index (κ2) is 7.77. The average Bonchev–Trinajstić information content (AvgIpc) is 3.15. The standard InChI is InChI=1S/C20H19FN4O3/c1-27-16-7-5-14(6-8-16)18-11-25-17(12-28-18)19(23-24-25)20(26)22-10-13-3-2-4-15(21)9-13/h2-9,18H,10-12H2,1H3,(H,22,26)/t18-/m0/s1. The molecule has 0 unspecified atom stereocenters. The van der Waals surface area contributed by atoms with Gasteiger partial charge in [0.2, 0.25) is 0 Å². The molecule has 8 heteroatoms. The van der Waals surface area contributed by atoms with Crippen LogP contribution >= 0.6 is 0 Å². The summed E-state index contributed by atoms with van der Waals surface area (Å²) in [5, 5.41) is 10.9. The molecular formula is C20H19FN4O3. The first-order valence-electron chi connectivity index (χ1n) is 8.84. The molecule has 2 heterocycles. The van der Waals surface area contributed by atoms with Crippen molar-refractivity contribution in [2.75, 3.05) is 7.11 Å². The van der Waals surface area contributed by atoms with E-state index < -0.39 is 0 Å². The van der Waals surface area contributed by atoms with Crippen LogP contribution in [0.25, 0.3) is 0 Å². The van der Waals surface area contributed by atoms with Crippen molar-refractivity contribution in [2.24, 2.45) is 0 Å². The smallest absolute Gasteiger partial charge is 0.274 e. The van der Waals surface area contributed by atoms with Gasteiger partial charge < -0.3 is 14.8 Å². The van der Waals surface area contributed by atoms with Gasteiger partial charge in [-0.15, -0.1) is 5.10 Å². The molecule has 0 spiro atoms. The van der Waals surface area contributed by atoms with E-state index in [9.17, 15) is 9.18 Å². The molecule has 0 saturated carbocycles. The zero-order valence-electron chi connectivity index (χ0n) is 15.3. The van der Waals surface area contributed by atoms with Crippen molar-refractivity contribution in [3.8, 4) is 5.75 Å². The Labute approximate surface area is 161 Å². The lowest BCUT2D eigenvalue weighted by Crippen LogP contribution is -2.27. The third-order valence-electron chi connectivity index (χ3n) is 4.64. The highest BCUT2D eigenvalue weighted by Gasteiger charge is 2.27. The maximum Gasteiger partial charge on any atom is 0.274 e. The quantitative estimate of drug-likeness (QED) is 0.734. The first kappa shape index (κ1) is 18.1. The summed E-state index contributed by atoms with van der Waals surface area (Å²) in [7, 11) is 1.62. The fraction of sp³-hybridized carbons (Fsp3) is 0.250. The Kier molecular flexibility index (Phi) is 5.03. The summed E-state index contributed by atoms with van der Waals surface area (Å²) in [6.07, 6.45) is -0.177. The number of hydrogen-bond acceptors (Lipinski definition) is 5. The molecule has 4 rings (SSSR count). The van der Waals surface area contributed by atoms with Gasteiger partial charge >= 0.3 is 0 Å². The summed E-state index contributed by atoms with van der Waals surface area (Å²) in [5.41, 5.74) is 2.52. The second-order valence-electron chi connectivity index (χ2n) is 6.45. The third kappa shape index (κ3) is 3.72. The second-order valence-corrected chi connectivity index (χ2v) is 6.45. The highest BCUT2D eigenvalue weighted by Crippen LogP contribution is 2.28. The number of amides is 1. The number of halogens is 1. The van der Waals surface area contributed by atoms with Crippen LogP contribution in [0.3, 0.4) is 0 Å². The van der Waals surface area contributed by atoms with Crippen molar-refractivity contribution in [1.29, 1.82) is 0 Å². The Morgan fingerprint density at radius 1 is 1.32 bits per heavy atom. The van der Waals surface area contributed by atoms with Gasteiger partial charge in [0.15, 0.2) is 5.69 Å². The molecule has 7 nitrogen and oxygen atoms in total. The number of carbonyl (C=O) groups is 1. The van der Waals surface area contributed by atoms with Crippen LogP contribution in [-0.4, -0.2) is 28.0 Å². The van der Waals surface area contributed by atoms with Gasteiger partial charge in [0.25, 0.3) is 5.91 Å². The largest absolute Gasteiger partial charge is 0.497 e. The molecule has 3 aromatic rings. The summed E-state index contributed by atoms with van der Waals surface area (Å²) in [4.78, 5) is 12.5. The Morgan fingerprint density at radius 2 is 2.14 bits per heavy atom. The molecule has 0 bridgehead atoms. The molecule has 144 valence electrons. The lowest BCUT2D eigenvalue weighted by molar-refractivity contribution is -0.00179. The van der Waals surface area contributed by atoms with Gasteiger partial charge in [0, 0.05) is 6.54 Å². The van der Waals surface area contributed by atoms with Crippen LogP contribution in [-0.2, 0) is 24.4 Å². The monoisotopic (exact) mass is 382 g/mol. The van der Waals surface area contributed by atoms with Gasteiger partial charge in [0.05, 0.1) is 26.0 Å². The van der Waals surface area contributed by atoms with Gasteiger partial charge in [-0.3, -0.25) is 4.79 Å². The van der Waals surface area contributed by atoms with Crippen molar-refractivity contribution >= 4 is 5.91 Å². The summed E-state index contributed by atoms with van der Waals surface area (Å²) in [6, 6.07) is 13.7. The summed E-state index contributed by atoms with van der Waals surface area (Å²) >= 11 is 0. The Bertz CT molecular complexity index is 987. The van der Waals surface area contributed by atoms with Gasteiger partial charge in [-0.25, -0.2) is 9.07 Å². The Morgan fingerprint density at radius 3 is 2.89 bits per heavy atom. The highest BCUT2D eigenvalue weighted by molar-refractivity contribution is 5.93. The van der Waals surface area contributed by atoms with Crippen LogP contribution < -0.4 is 10.1 Å². The number of nitrogens with zero attached hydrogens (tertiary/aromatic N) is 3. The van der Waals surface area contributed by atoms with Gasteiger partial charge in [-0.05, 0) is 35.4 Å². The number of fused-ring (bicyclic) bond motifs is 1. The number of hydrogen-bond donors (Lipinski definition) is 1. The molecule has 1 aliphatic rings. The average molecular weight is 382 g/mol. The first-order valence-corrected chi connectivity index (χ1v) is 8.84. The van der Waals surface area contributed by atoms with Crippen LogP contribution in [0.2, 0.25) is 0 Å². The van der Waals surface area contributed by atoms with Gasteiger partial charge in [-0.1, -0.05) is 29.5 Å². The lowest BCUT2D eigenvalue weighted by Gasteiger charge is -2.24. The van der Waals surface area contributed by atoms with E-state index >= 15 is 0 Å². The number of nitrogens with one attached hydrogen (secondary N) is 1. The number of methoxy groups -OCH3 is 1. The minimum absolute atomic E-state index is 0.177. The van der Waals surface area contributed by atoms with Crippen LogP contribution in [0.5, 0.6) is 5.75 Å². The number of ether oxygens (including phenoxy) is 2. The molecule has 0 fully saturated rings. The number of rotatable bonds is 5. The van der Waals surface area contributed by atoms with Crippen molar-refractivity contribution in [3.63, 3.8) is 0 Å². The van der Waals surface area contributed by atoms with E-state index in [-0.39, 0.29) is 36.7 Å². The highest BCUT2D eigenvalue weighted by atomic mass is 19.1. The van der Waals surface area contributed by atoms with Gasteiger partial charge in [-0.2, -0.15) is 0 Å². The number of benzene rings is 2. The first-order chi connectivity index (χ1) is 13.6. The van der Waals surface area contributed by atoms with E-state index in [0.29, 0.717) is 17.8 Å². The SMILES string of the molecule is COc1ccc([C@@H]2Cn3nnc(C(=O)NCc4cccc(F)c4)c3CO2)cc1. The van der Waals surface area contributed by atoms with E-state index in [4.69, 9.17) is 9.47 Å². The van der Waals surface area contributed by atoms with Crippen LogP contribution in [0.4, 0.5) is 4.39 Å². The number of carbonyl (C=O) groups excluding carboxylic acids is 1. The molecule has 0 radical (unpaired) electrons. The van der Waals surface area contributed by atoms with E-state index in [0.717, 1.165) is 11.3 Å². The molecule has 0 aliphatic carbocycles. The van der Waals surface area contributed by atoms with Crippen molar-refractivity contribution in [1.82, 2.24) is 20.3 Å². The molecular weight excluding hydrogens is 363 g/mol. The maximum atomic E-state index is 13.2. The fourth-order valence-electron chi connectivity index (χ4n) is 3.12.